The molecule has 0 aliphatic carbocycles. The number of carbonyl (C=O) groups is 1. The number of nitrogens with zero attached hydrogens (tertiary/aromatic N) is 2. The molecule has 0 atom stereocenters. The van der Waals surface area contributed by atoms with E-state index in [-0.39, 0.29) is 5.69 Å². The molecule has 2 heterocycles. The van der Waals surface area contributed by atoms with E-state index in [1.54, 1.807) is 10.6 Å². The Morgan fingerprint density at radius 2 is 1.84 bits per heavy atom. The van der Waals surface area contributed by atoms with Gasteiger partial charge in [-0.2, -0.15) is 5.10 Å². The van der Waals surface area contributed by atoms with Crippen LogP contribution in [0.15, 0.2) is 53.1 Å². The topological polar surface area (TPSA) is 54.6 Å². The molecule has 3 aromatic rings. The zero-order valence-corrected chi connectivity index (χ0v) is 11.3. The average molecular weight is 317 g/mol. The fourth-order valence-electron chi connectivity index (χ4n) is 1.96. The van der Waals surface area contributed by atoms with E-state index in [0.717, 1.165) is 21.2 Å². The van der Waals surface area contributed by atoms with E-state index in [2.05, 4.69) is 21.0 Å². The summed E-state index contributed by atoms with van der Waals surface area (Å²) >= 11 is 3.41. The fourth-order valence-corrected chi connectivity index (χ4v) is 2.49. The summed E-state index contributed by atoms with van der Waals surface area (Å²) in [4.78, 5) is 10.9. The van der Waals surface area contributed by atoms with Crippen LogP contribution in [0.1, 0.15) is 10.5 Å². The van der Waals surface area contributed by atoms with Crippen LogP contribution in [0.3, 0.4) is 0 Å². The van der Waals surface area contributed by atoms with Gasteiger partial charge in [0.2, 0.25) is 0 Å². The normalized spacial score (nSPS) is 10.8. The molecule has 0 radical (unpaired) electrons. The van der Waals surface area contributed by atoms with E-state index in [0.29, 0.717) is 0 Å². The summed E-state index contributed by atoms with van der Waals surface area (Å²) in [5.74, 6) is -1.03. The van der Waals surface area contributed by atoms with Crippen molar-refractivity contribution in [3.63, 3.8) is 0 Å². The largest absolute Gasteiger partial charge is 0.476 e. The minimum absolute atomic E-state index is 0.0333. The summed E-state index contributed by atoms with van der Waals surface area (Å²) in [7, 11) is 0. The molecule has 0 saturated heterocycles. The molecule has 0 aliphatic heterocycles. The number of aromatic nitrogens is 2. The molecule has 3 rings (SSSR count). The second kappa shape index (κ2) is 4.51. The van der Waals surface area contributed by atoms with Crippen LogP contribution in [0, 0.1) is 0 Å². The molecule has 5 heteroatoms. The van der Waals surface area contributed by atoms with Gasteiger partial charge in [0.1, 0.15) is 4.60 Å². The fraction of sp³-hybridized carbons (Fsp3) is 0. The average Bonchev–Trinajstić information content (AvgIpc) is 2.84. The first-order valence-electron chi connectivity index (χ1n) is 5.63. The third-order valence-electron chi connectivity index (χ3n) is 2.84. The van der Waals surface area contributed by atoms with Crippen LogP contribution in [0.2, 0.25) is 0 Å². The van der Waals surface area contributed by atoms with Crippen molar-refractivity contribution < 1.29 is 9.90 Å². The SMILES string of the molecule is O=C(O)c1cc2cc(-c3ccccc3)cc(Br)n2n1. The Kier molecular flexibility index (Phi) is 2.83. The second-order valence-electron chi connectivity index (χ2n) is 4.10. The number of hydrogen-bond acceptors (Lipinski definition) is 2. The summed E-state index contributed by atoms with van der Waals surface area (Å²) in [5.41, 5.74) is 2.86. The molecule has 0 amide bonds. The van der Waals surface area contributed by atoms with Crippen molar-refractivity contribution in [2.75, 3.05) is 0 Å². The molecule has 4 nitrogen and oxygen atoms in total. The first kappa shape index (κ1) is 11.9. The molecule has 0 bridgehead atoms. The Labute approximate surface area is 117 Å². The maximum Gasteiger partial charge on any atom is 0.356 e. The molecule has 19 heavy (non-hydrogen) atoms. The van der Waals surface area contributed by atoms with Crippen molar-refractivity contribution in [2.24, 2.45) is 0 Å². The Morgan fingerprint density at radius 3 is 2.53 bits per heavy atom. The van der Waals surface area contributed by atoms with Crippen molar-refractivity contribution in [1.29, 1.82) is 0 Å². The van der Waals surface area contributed by atoms with Crippen LogP contribution in [0.4, 0.5) is 0 Å². The lowest BCUT2D eigenvalue weighted by Crippen LogP contribution is -1.98. The van der Waals surface area contributed by atoms with Gasteiger partial charge in [-0.1, -0.05) is 30.3 Å². The molecule has 1 N–H and O–H groups in total. The first-order valence-corrected chi connectivity index (χ1v) is 6.42. The highest BCUT2D eigenvalue weighted by Gasteiger charge is 2.11. The third-order valence-corrected chi connectivity index (χ3v) is 3.41. The van der Waals surface area contributed by atoms with Crippen LogP contribution >= 0.6 is 15.9 Å². The zero-order valence-electron chi connectivity index (χ0n) is 9.75. The monoisotopic (exact) mass is 316 g/mol. The lowest BCUT2D eigenvalue weighted by molar-refractivity contribution is 0.0690. The molecule has 94 valence electrons. The number of rotatable bonds is 2. The minimum atomic E-state index is -1.03. The highest BCUT2D eigenvalue weighted by Crippen LogP contribution is 2.25. The van der Waals surface area contributed by atoms with E-state index in [4.69, 9.17) is 5.11 Å². The van der Waals surface area contributed by atoms with E-state index in [1.165, 1.54) is 0 Å². The lowest BCUT2D eigenvalue weighted by atomic mass is 10.1. The van der Waals surface area contributed by atoms with E-state index >= 15 is 0 Å². The first-order chi connectivity index (χ1) is 9.15. The number of fused-ring (bicyclic) bond motifs is 1. The van der Waals surface area contributed by atoms with Gasteiger partial charge in [-0.3, -0.25) is 0 Å². The number of carboxylic acids is 1. The molecule has 0 fully saturated rings. The maximum atomic E-state index is 10.9. The van der Waals surface area contributed by atoms with Crippen molar-refractivity contribution in [2.45, 2.75) is 0 Å². The molecule has 0 saturated carbocycles. The van der Waals surface area contributed by atoms with E-state index in [1.807, 2.05) is 42.5 Å². The summed E-state index contributed by atoms with van der Waals surface area (Å²) in [6, 6.07) is 15.3. The predicted octanol–water partition coefficient (Wildman–Crippen LogP) is 3.46. The second-order valence-corrected chi connectivity index (χ2v) is 4.92. The molecule has 1 aromatic carbocycles. The van der Waals surface area contributed by atoms with Crippen molar-refractivity contribution in [1.82, 2.24) is 9.61 Å². The predicted molar refractivity (Wildman–Crippen MR) is 75.3 cm³/mol. The summed E-state index contributed by atoms with van der Waals surface area (Å²) in [6.45, 7) is 0. The van der Waals surface area contributed by atoms with Crippen LogP contribution in [0.5, 0.6) is 0 Å². The Balaban J connectivity index is 2.22. The van der Waals surface area contributed by atoms with Crippen LogP contribution in [-0.4, -0.2) is 20.7 Å². The van der Waals surface area contributed by atoms with Crippen LogP contribution in [-0.2, 0) is 0 Å². The van der Waals surface area contributed by atoms with Gasteiger partial charge in [0, 0.05) is 0 Å². The highest BCUT2D eigenvalue weighted by atomic mass is 79.9. The van der Waals surface area contributed by atoms with Crippen LogP contribution in [0.25, 0.3) is 16.6 Å². The van der Waals surface area contributed by atoms with Gasteiger partial charge in [0.15, 0.2) is 5.69 Å². The lowest BCUT2D eigenvalue weighted by Gasteiger charge is -2.04. The van der Waals surface area contributed by atoms with Gasteiger partial charge in [-0.05, 0) is 45.3 Å². The number of hydrogen-bond donors (Lipinski definition) is 1. The van der Waals surface area contributed by atoms with Gasteiger partial charge < -0.3 is 5.11 Å². The molecule has 0 aliphatic rings. The number of halogens is 1. The highest BCUT2D eigenvalue weighted by molar-refractivity contribution is 9.10. The number of pyridine rings is 1. The number of carboxylic acid groups (broad SMARTS) is 1. The van der Waals surface area contributed by atoms with Crippen LogP contribution < -0.4 is 0 Å². The van der Waals surface area contributed by atoms with Crippen molar-refractivity contribution in [3.8, 4) is 11.1 Å². The third kappa shape index (κ3) is 2.13. The van der Waals surface area contributed by atoms with Gasteiger partial charge >= 0.3 is 5.97 Å². The van der Waals surface area contributed by atoms with Gasteiger partial charge in [0.25, 0.3) is 0 Å². The smallest absolute Gasteiger partial charge is 0.356 e. The minimum Gasteiger partial charge on any atom is -0.476 e. The summed E-state index contributed by atoms with van der Waals surface area (Å²) in [6.07, 6.45) is 0. The van der Waals surface area contributed by atoms with Crippen molar-refractivity contribution >= 4 is 27.4 Å². The molecule has 0 spiro atoms. The molecule has 0 unspecified atom stereocenters. The van der Waals surface area contributed by atoms with Gasteiger partial charge in [0.05, 0.1) is 5.52 Å². The van der Waals surface area contributed by atoms with Gasteiger partial charge in [-0.25, -0.2) is 9.31 Å². The Bertz CT molecular complexity index is 766. The summed E-state index contributed by atoms with van der Waals surface area (Å²) < 4.78 is 2.28. The molecular formula is C14H9BrN2O2. The summed E-state index contributed by atoms with van der Waals surface area (Å²) in [5, 5.41) is 13.0. The quantitative estimate of drug-likeness (QED) is 0.737. The molecule has 2 aromatic heterocycles. The van der Waals surface area contributed by atoms with Crippen molar-refractivity contribution in [3.05, 3.63) is 58.8 Å². The Morgan fingerprint density at radius 1 is 1.11 bits per heavy atom. The standard InChI is InChI=1S/C14H9BrN2O2/c15-13-7-10(9-4-2-1-3-5-9)6-11-8-12(14(18)19)16-17(11)13/h1-8H,(H,18,19). The van der Waals surface area contributed by atoms with E-state index in [9.17, 15) is 4.79 Å². The Hall–Kier alpha value is -2.14. The maximum absolute atomic E-state index is 10.9. The molecular weight excluding hydrogens is 308 g/mol. The van der Waals surface area contributed by atoms with E-state index < -0.39 is 5.97 Å². The number of aromatic carboxylic acids is 1. The zero-order chi connectivity index (χ0) is 13.4. The number of benzene rings is 1. The van der Waals surface area contributed by atoms with Gasteiger partial charge in [-0.15, -0.1) is 0 Å².